The molecule has 5 heteroatoms. The van der Waals surface area contributed by atoms with Crippen molar-refractivity contribution in [3.8, 4) is 0 Å². The Morgan fingerprint density at radius 2 is 2.18 bits per heavy atom. The monoisotopic (exact) mass is 254 g/mol. The first kappa shape index (κ1) is 13.4. The Hall–Kier alpha value is -1.62. The Morgan fingerprint density at radius 3 is 2.71 bits per heavy atom. The summed E-state index contributed by atoms with van der Waals surface area (Å²) in [6, 6.07) is 3.71. The summed E-state index contributed by atoms with van der Waals surface area (Å²) < 4.78 is 13.4. The molecule has 0 radical (unpaired) electrons. The van der Waals surface area contributed by atoms with Gasteiger partial charge in [-0.15, -0.1) is 0 Å². The van der Waals surface area contributed by atoms with Gasteiger partial charge in [0.05, 0.1) is 5.56 Å². The van der Waals surface area contributed by atoms with Crippen molar-refractivity contribution in [2.24, 2.45) is 0 Å². The summed E-state index contributed by atoms with van der Waals surface area (Å²) in [6.45, 7) is 1.46. The van der Waals surface area contributed by atoms with Crippen LogP contribution in [0.2, 0.25) is 0 Å². The summed E-state index contributed by atoms with van der Waals surface area (Å²) in [5.74, 6) is -1.28. The van der Waals surface area contributed by atoms with Crippen molar-refractivity contribution < 1.29 is 19.1 Å². The predicted octanol–water partition coefficient (Wildman–Crippen LogP) is 2.82. The van der Waals surface area contributed by atoms with E-state index < -0.39 is 11.8 Å². The third-order valence-corrected chi connectivity index (χ3v) is 2.69. The van der Waals surface area contributed by atoms with Crippen LogP contribution in [0, 0.1) is 5.82 Å². The summed E-state index contributed by atoms with van der Waals surface area (Å²) >= 11 is 1.12. The minimum atomic E-state index is -1.16. The van der Waals surface area contributed by atoms with Crippen LogP contribution in [0.3, 0.4) is 0 Å². The van der Waals surface area contributed by atoms with Gasteiger partial charge in [0.15, 0.2) is 5.12 Å². The van der Waals surface area contributed by atoms with Crippen LogP contribution in [-0.2, 0) is 4.79 Å². The average Bonchev–Trinajstić information content (AvgIpc) is 2.25. The Morgan fingerprint density at radius 1 is 1.47 bits per heavy atom. The topological polar surface area (TPSA) is 54.4 Å². The fourth-order valence-corrected chi connectivity index (χ4v) is 1.56. The van der Waals surface area contributed by atoms with Gasteiger partial charge in [0.1, 0.15) is 5.82 Å². The lowest BCUT2D eigenvalue weighted by Gasteiger charge is -1.99. The summed E-state index contributed by atoms with van der Waals surface area (Å²) in [5.41, 5.74) is 0.219. The SMILES string of the molecule is CC(=O)SCC=Cc1ccc(C(=O)O)cc1F. The number of hydrogen-bond acceptors (Lipinski definition) is 3. The predicted molar refractivity (Wildman–Crippen MR) is 65.5 cm³/mol. The lowest BCUT2D eigenvalue weighted by atomic mass is 10.1. The first-order valence-electron chi connectivity index (χ1n) is 4.83. The van der Waals surface area contributed by atoms with Crippen molar-refractivity contribution in [2.45, 2.75) is 6.92 Å². The normalized spacial score (nSPS) is 10.7. The van der Waals surface area contributed by atoms with E-state index in [1.54, 1.807) is 6.08 Å². The number of thioether (sulfide) groups is 1. The molecule has 0 aromatic heterocycles. The van der Waals surface area contributed by atoms with Crippen LogP contribution >= 0.6 is 11.8 Å². The second-order valence-electron chi connectivity index (χ2n) is 3.25. The molecule has 0 spiro atoms. The number of hydrogen-bond donors (Lipinski definition) is 1. The second-order valence-corrected chi connectivity index (χ2v) is 4.44. The van der Waals surface area contributed by atoms with E-state index in [1.165, 1.54) is 25.1 Å². The molecular weight excluding hydrogens is 243 g/mol. The van der Waals surface area contributed by atoms with E-state index in [2.05, 4.69) is 0 Å². The number of rotatable bonds is 4. The minimum Gasteiger partial charge on any atom is -0.478 e. The van der Waals surface area contributed by atoms with Crippen molar-refractivity contribution in [1.82, 2.24) is 0 Å². The Balaban J connectivity index is 2.72. The third-order valence-electron chi connectivity index (χ3n) is 1.93. The highest BCUT2D eigenvalue weighted by Gasteiger charge is 2.06. The van der Waals surface area contributed by atoms with E-state index >= 15 is 0 Å². The number of aromatic carboxylic acids is 1. The Kier molecular flexibility index (Phi) is 4.90. The molecule has 17 heavy (non-hydrogen) atoms. The van der Waals surface area contributed by atoms with Gasteiger partial charge in [-0.25, -0.2) is 9.18 Å². The van der Waals surface area contributed by atoms with Gasteiger partial charge in [-0.3, -0.25) is 4.79 Å². The van der Waals surface area contributed by atoms with Crippen LogP contribution in [0.1, 0.15) is 22.8 Å². The van der Waals surface area contributed by atoms with Gasteiger partial charge in [-0.1, -0.05) is 30.0 Å². The van der Waals surface area contributed by atoms with Crippen LogP contribution in [0.15, 0.2) is 24.3 Å². The number of carbonyl (C=O) groups excluding carboxylic acids is 1. The van der Waals surface area contributed by atoms with E-state index in [0.29, 0.717) is 11.3 Å². The Bertz CT molecular complexity index is 469. The average molecular weight is 254 g/mol. The molecular formula is C12H11FO3S. The molecule has 1 aromatic carbocycles. The van der Waals surface area contributed by atoms with Gasteiger partial charge in [0.25, 0.3) is 0 Å². The molecule has 0 fully saturated rings. The fourth-order valence-electron chi connectivity index (χ4n) is 1.14. The molecule has 0 aliphatic carbocycles. The lowest BCUT2D eigenvalue weighted by Crippen LogP contribution is -1.97. The molecule has 0 saturated carbocycles. The van der Waals surface area contributed by atoms with E-state index in [9.17, 15) is 14.0 Å². The molecule has 0 aliphatic heterocycles. The van der Waals surface area contributed by atoms with Crippen LogP contribution in [-0.4, -0.2) is 21.9 Å². The zero-order chi connectivity index (χ0) is 12.8. The lowest BCUT2D eigenvalue weighted by molar-refractivity contribution is -0.109. The molecule has 0 saturated heterocycles. The number of carbonyl (C=O) groups is 2. The van der Waals surface area contributed by atoms with E-state index in [-0.39, 0.29) is 10.7 Å². The maximum Gasteiger partial charge on any atom is 0.335 e. The van der Waals surface area contributed by atoms with E-state index in [1.807, 2.05) is 0 Å². The molecule has 90 valence electrons. The van der Waals surface area contributed by atoms with Gasteiger partial charge in [-0.2, -0.15) is 0 Å². The maximum absolute atomic E-state index is 13.4. The van der Waals surface area contributed by atoms with Gasteiger partial charge >= 0.3 is 5.97 Å². The molecule has 0 unspecified atom stereocenters. The summed E-state index contributed by atoms with van der Waals surface area (Å²) in [6.07, 6.45) is 3.18. The molecule has 0 bridgehead atoms. The van der Waals surface area contributed by atoms with Crippen LogP contribution in [0.4, 0.5) is 4.39 Å². The second kappa shape index (κ2) is 6.20. The highest BCUT2D eigenvalue weighted by molar-refractivity contribution is 8.13. The highest BCUT2D eigenvalue weighted by Crippen LogP contribution is 2.13. The summed E-state index contributed by atoms with van der Waals surface area (Å²) in [4.78, 5) is 21.2. The Labute approximate surface area is 102 Å². The summed E-state index contributed by atoms with van der Waals surface area (Å²) in [7, 11) is 0. The minimum absolute atomic E-state index is 0.00338. The van der Waals surface area contributed by atoms with Gasteiger partial charge in [0, 0.05) is 18.2 Å². The first-order valence-corrected chi connectivity index (χ1v) is 5.82. The molecule has 1 rings (SSSR count). The third kappa shape index (κ3) is 4.40. The van der Waals surface area contributed by atoms with Crippen molar-refractivity contribution in [3.63, 3.8) is 0 Å². The summed E-state index contributed by atoms with van der Waals surface area (Å²) in [5, 5.41) is 8.65. The van der Waals surface area contributed by atoms with Gasteiger partial charge in [-0.05, 0) is 12.1 Å². The van der Waals surface area contributed by atoms with Crippen LogP contribution in [0.5, 0.6) is 0 Å². The van der Waals surface area contributed by atoms with Crippen molar-refractivity contribution in [3.05, 3.63) is 41.2 Å². The largest absolute Gasteiger partial charge is 0.478 e. The van der Waals surface area contributed by atoms with Crippen LogP contribution < -0.4 is 0 Å². The molecule has 0 atom stereocenters. The standard InChI is InChI=1S/C12H11FO3S/c1-8(14)17-6-2-3-9-4-5-10(12(15)16)7-11(9)13/h2-5,7H,6H2,1H3,(H,15,16). The fraction of sp³-hybridized carbons (Fsp3) is 0.167. The molecule has 1 N–H and O–H groups in total. The molecule has 0 amide bonds. The number of carboxylic acids is 1. The van der Waals surface area contributed by atoms with Crippen molar-refractivity contribution >= 4 is 28.9 Å². The van der Waals surface area contributed by atoms with E-state index in [0.717, 1.165) is 17.8 Å². The molecule has 3 nitrogen and oxygen atoms in total. The number of carboxylic acid groups (broad SMARTS) is 1. The molecule has 1 aromatic rings. The molecule has 0 aliphatic rings. The van der Waals surface area contributed by atoms with Crippen molar-refractivity contribution in [2.75, 3.05) is 5.75 Å². The maximum atomic E-state index is 13.4. The van der Waals surface area contributed by atoms with Gasteiger partial charge in [0.2, 0.25) is 0 Å². The molecule has 0 heterocycles. The smallest absolute Gasteiger partial charge is 0.335 e. The zero-order valence-corrected chi connectivity index (χ0v) is 9.96. The zero-order valence-electron chi connectivity index (χ0n) is 9.14. The van der Waals surface area contributed by atoms with E-state index in [4.69, 9.17) is 5.11 Å². The van der Waals surface area contributed by atoms with Gasteiger partial charge < -0.3 is 5.11 Å². The highest BCUT2D eigenvalue weighted by atomic mass is 32.2. The van der Waals surface area contributed by atoms with Crippen LogP contribution in [0.25, 0.3) is 6.08 Å². The quantitative estimate of drug-likeness (QED) is 0.897. The van der Waals surface area contributed by atoms with Crippen molar-refractivity contribution in [1.29, 1.82) is 0 Å². The first-order chi connectivity index (χ1) is 8.00. The number of benzene rings is 1. The number of halogens is 1.